The molecule has 0 heterocycles. The van der Waals surface area contributed by atoms with Crippen LogP contribution in [0.15, 0.2) is 12.2 Å². The normalized spacial score (nSPS) is 26.8. The zero-order chi connectivity index (χ0) is 18.1. The Balaban J connectivity index is 1.80. The zero-order valence-corrected chi connectivity index (χ0v) is 15.9. The molecular formula is C21H34O4. The van der Waals surface area contributed by atoms with Crippen LogP contribution in [0, 0.1) is 23.7 Å². The van der Waals surface area contributed by atoms with Crippen LogP contribution in [0.3, 0.4) is 0 Å². The molecular weight excluding hydrogens is 316 g/mol. The smallest absolute Gasteiger partial charge is 0.310 e. The SMILES string of the molecule is CCCCCCOC(=O)[C@@H]1C2C=CC(C2)[C@@H]1C(=O)OCCCCCC. The molecule has 0 aromatic carbocycles. The molecule has 4 heteroatoms. The van der Waals surface area contributed by atoms with Crippen LogP contribution in [-0.4, -0.2) is 25.2 Å². The molecule has 2 aliphatic carbocycles. The average Bonchev–Trinajstić information content (AvgIpc) is 3.22. The van der Waals surface area contributed by atoms with E-state index in [1.807, 2.05) is 0 Å². The molecule has 25 heavy (non-hydrogen) atoms. The molecule has 2 bridgehead atoms. The quantitative estimate of drug-likeness (QED) is 0.291. The number of allylic oxidation sites excluding steroid dienone is 2. The number of esters is 2. The second-order valence-electron chi connectivity index (χ2n) is 7.46. The van der Waals surface area contributed by atoms with Gasteiger partial charge in [0.05, 0.1) is 25.0 Å². The molecule has 2 aliphatic rings. The molecule has 1 saturated carbocycles. The lowest BCUT2D eigenvalue weighted by atomic mass is 9.83. The summed E-state index contributed by atoms with van der Waals surface area (Å²) < 4.78 is 11.0. The molecule has 0 aromatic heterocycles. The number of carbonyl (C=O) groups excluding carboxylic acids is 2. The van der Waals surface area contributed by atoms with Crippen molar-refractivity contribution in [3.05, 3.63) is 12.2 Å². The van der Waals surface area contributed by atoms with E-state index in [4.69, 9.17) is 9.47 Å². The fourth-order valence-corrected chi connectivity index (χ4v) is 4.06. The number of fused-ring (bicyclic) bond motifs is 2. The molecule has 1 fully saturated rings. The summed E-state index contributed by atoms with van der Waals surface area (Å²) in [5.74, 6) is -0.812. The van der Waals surface area contributed by atoms with Gasteiger partial charge in [0.25, 0.3) is 0 Å². The maximum atomic E-state index is 12.5. The van der Waals surface area contributed by atoms with Crippen molar-refractivity contribution in [1.29, 1.82) is 0 Å². The van der Waals surface area contributed by atoms with E-state index in [1.54, 1.807) is 0 Å². The van der Waals surface area contributed by atoms with E-state index in [-0.39, 0.29) is 35.6 Å². The molecule has 0 spiro atoms. The maximum absolute atomic E-state index is 12.5. The van der Waals surface area contributed by atoms with Crippen molar-refractivity contribution < 1.29 is 19.1 Å². The Kier molecular flexibility index (Phi) is 8.50. The van der Waals surface area contributed by atoms with E-state index >= 15 is 0 Å². The number of hydrogen-bond donors (Lipinski definition) is 0. The Morgan fingerprint density at radius 1 is 0.760 bits per heavy atom. The fraction of sp³-hybridized carbons (Fsp3) is 0.810. The standard InChI is InChI=1S/C21H34O4/c1-3-5-7-9-13-24-20(22)18-16-11-12-17(15-16)19(18)21(23)25-14-10-8-6-4-2/h11-12,16-19H,3-10,13-15H2,1-2H3/t16?,17?,18-,19+. The molecule has 0 saturated heterocycles. The Hall–Kier alpha value is -1.32. The van der Waals surface area contributed by atoms with Crippen molar-refractivity contribution in [2.24, 2.45) is 23.7 Å². The Bertz CT molecular complexity index is 417. The molecule has 4 atom stereocenters. The van der Waals surface area contributed by atoms with E-state index in [1.165, 1.54) is 12.8 Å². The molecule has 0 N–H and O–H groups in total. The summed E-state index contributed by atoms with van der Waals surface area (Å²) >= 11 is 0. The molecule has 142 valence electrons. The Morgan fingerprint density at radius 2 is 1.20 bits per heavy atom. The highest BCUT2D eigenvalue weighted by molar-refractivity contribution is 5.84. The molecule has 0 radical (unpaired) electrons. The summed E-state index contributed by atoms with van der Waals surface area (Å²) in [6.07, 6.45) is 13.7. The third-order valence-corrected chi connectivity index (χ3v) is 5.49. The van der Waals surface area contributed by atoms with Gasteiger partial charge in [-0.2, -0.15) is 0 Å². The third-order valence-electron chi connectivity index (χ3n) is 5.49. The van der Waals surface area contributed by atoms with Gasteiger partial charge in [0, 0.05) is 0 Å². The molecule has 0 amide bonds. The minimum Gasteiger partial charge on any atom is -0.465 e. The molecule has 0 aliphatic heterocycles. The van der Waals surface area contributed by atoms with Crippen LogP contribution in [0.25, 0.3) is 0 Å². The highest BCUT2D eigenvalue weighted by Gasteiger charge is 2.53. The highest BCUT2D eigenvalue weighted by Crippen LogP contribution is 2.49. The van der Waals surface area contributed by atoms with E-state index in [2.05, 4.69) is 26.0 Å². The van der Waals surface area contributed by atoms with Crippen molar-refractivity contribution in [2.45, 2.75) is 71.6 Å². The van der Waals surface area contributed by atoms with Crippen LogP contribution in [0.2, 0.25) is 0 Å². The van der Waals surface area contributed by atoms with E-state index < -0.39 is 0 Å². The lowest BCUT2D eigenvalue weighted by Crippen LogP contribution is -2.35. The minimum absolute atomic E-state index is 0.144. The van der Waals surface area contributed by atoms with Crippen molar-refractivity contribution in [1.82, 2.24) is 0 Å². The molecule has 4 nitrogen and oxygen atoms in total. The lowest BCUT2D eigenvalue weighted by molar-refractivity contribution is -0.161. The van der Waals surface area contributed by atoms with Crippen molar-refractivity contribution in [2.75, 3.05) is 13.2 Å². The number of hydrogen-bond acceptors (Lipinski definition) is 4. The zero-order valence-electron chi connectivity index (χ0n) is 15.9. The minimum atomic E-state index is -0.343. The van der Waals surface area contributed by atoms with Gasteiger partial charge in [0.1, 0.15) is 0 Å². The third kappa shape index (κ3) is 5.58. The van der Waals surface area contributed by atoms with E-state index in [0.717, 1.165) is 44.9 Å². The molecule has 2 unspecified atom stereocenters. The molecule has 2 rings (SSSR count). The van der Waals surface area contributed by atoms with Crippen molar-refractivity contribution in [3.8, 4) is 0 Å². The maximum Gasteiger partial charge on any atom is 0.310 e. The van der Waals surface area contributed by atoms with Crippen LogP contribution < -0.4 is 0 Å². The van der Waals surface area contributed by atoms with Gasteiger partial charge in [-0.05, 0) is 31.1 Å². The summed E-state index contributed by atoms with van der Waals surface area (Å²) in [6, 6.07) is 0. The Morgan fingerprint density at radius 3 is 1.60 bits per heavy atom. The first-order valence-electron chi connectivity index (χ1n) is 10.2. The fourth-order valence-electron chi connectivity index (χ4n) is 4.06. The lowest BCUT2D eigenvalue weighted by Gasteiger charge is -2.25. The van der Waals surface area contributed by atoms with Gasteiger partial charge in [0.2, 0.25) is 0 Å². The number of rotatable bonds is 12. The first-order chi connectivity index (χ1) is 12.2. The van der Waals surface area contributed by atoms with E-state index in [9.17, 15) is 9.59 Å². The summed E-state index contributed by atoms with van der Waals surface area (Å²) in [5, 5.41) is 0. The first kappa shape index (κ1) is 20.0. The van der Waals surface area contributed by atoms with Crippen LogP contribution in [0.5, 0.6) is 0 Å². The van der Waals surface area contributed by atoms with Crippen LogP contribution in [-0.2, 0) is 19.1 Å². The largest absolute Gasteiger partial charge is 0.465 e. The summed E-state index contributed by atoms with van der Waals surface area (Å²) in [7, 11) is 0. The van der Waals surface area contributed by atoms with Crippen molar-refractivity contribution in [3.63, 3.8) is 0 Å². The number of ether oxygens (including phenoxy) is 2. The second-order valence-corrected chi connectivity index (χ2v) is 7.46. The topological polar surface area (TPSA) is 52.6 Å². The van der Waals surface area contributed by atoms with Gasteiger partial charge < -0.3 is 9.47 Å². The van der Waals surface area contributed by atoms with Gasteiger partial charge >= 0.3 is 11.9 Å². The summed E-state index contributed by atoms with van der Waals surface area (Å²) in [6.45, 7) is 5.25. The van der Waals surface area contributed by atoms with Crippen LogP contribution in [0.4, 0.5) is 0 Å². The number of unbranched alkanes of at least 4 members (excludes halogenated alkanes) is 6. The van der Waals surface area contributed by atoms with Gasteiger partial charge in [-0.1, -0.05) is 64.5 Å². The predicted molar refractivity (Wildman–Crippen MR) is 97.9 cm³/mol. The Labute approximate surface area is 152 Å². The highest BCUT2D eigenvalue weighted by atomic mass is 16.5. The van der Waals surface area contributed by atoms with Crippen LogP contribution in [0.1, 0.15) is 71.6 Å². The molecule has 0 aromatic rings. The summed E-state index contributed by atoms with van der Waals surface area (Å²) in [4.78, 5) is 25.1. The van der Waals surface area contributed by atoms with Gasteiger partial charge in [-0.25, -0.2) is 0 Å². The first-order valence-corrected chi connectivity index (χ1v) is 10.2. The number of carbonyl (C=O) groups is 2. The van der Waals surface area contributed by atoms with Crippen molar-refractivity contribution >= 4 is 11.9 Å². The van der Waals surface area contributed by atoms with Gasteiger partial charge in [-0.15, -0.1) is 0 Å². The predicted octanol–water partition coefficient (Wildman–Crippen LogP) is 4.67. The average molecular weight is 350 g/mol. The summed E-state index contributed by atoms with van der Waals surface area (Å²) in [5.41, 5.74) is 0. The van der Waals surface area contributed by atoms with Gasteiger partial charge in [-0.3, -0.25) is 9.59 Å². The monoisotopic (exact) mass is 350 g/mol. The van der Waals surface area contributed by atoms with E-state index in [0.29, 0.717) is 13.2 Å². The van der Waals surface area contributed by atoms with Gasteiger partial charge in [0.15, 0.2) is 0 Å². The second kappa shape index (κ2) is 10.6. The van der Waals surface area contributed by atoms with Crippen LogP contribution >= 0.6 is 0 Å².